The molecule has 0 saturated heterocycles. The lowest BCUT2D eigenvalue weighted by atomic mass is 10.2. The van der Waals surface area contributed by atoms with Crippen molar-refractivity contribution in [3.63, 3.8) is 0 Å². The first-order chi connectivity index (χ1) is 13.1. The van der Waals surface area contributed by atoms with Gasteiger partial charge in [0.15, 0.2) is 5.96 Å². The molecule has 0 bridgehead atoms. The van der Waals surface area contributed by atoms with E-state index in [1.54, 1.807) is 48.5 Å². The van der Waals surface area contributed by atoms with Gasteiger partial charge in [-0.3, -0.25) is 15.5 Å². The third kappa shape index (κ3) is 5.59. The zero-order valence-electron chi connectivity index (χ0n) is 14.4. The average molecular weight is 380 g/mol. The Bertz CT molecular complexity index is 910. The molecular weight excluding hydrogens is 362 g/mol. The summed E-state index contributed by atoms with van der Waals surface area (Å²) >= 11 is 5.80. The number of amides is 1. The summed E-state index contributed by atoms with van der Waals surface area (Å²) in [6, 6.07) is 23.5. The number of ether oxygens (including phenoxy) is 1. The van der Waals surface area contributed by atoms with E-state index in [0.29, 0.717) is 22.9 Å². The minimum absolute atomic E-state index is 0.118. The summed E-state index contributed by atoms with van der Waals surface area (Å²) in [4.78, 5) is 12.1. The maximum atomic E-state index is 12.1. The van der Waals surface area contributed by atoms with Gasteiger partial charge in [0.1, 0.15) is 12.4 Å². The van der Waals surface area contributed by atoms with Gasteiger partial charge in [-0.2, -0.15) is 0 Å². The molecule has 0 radical (unpaired) electrons. The van der Waals surface area contributed by atoms with Gasteiger partial charge in [-0.25, -0.2) is 0 Å². The number of carbonyl (C=O) groups excluding carboxylic acids is 1. The fraction of sp³-hybridized carbons (Fsp3) is 0.0476. The Morgan fingerprint density at radius 1 is 0.926 bits per heavy atom. The Morgan fingerprint density at radius 3 is 2.26 bits per heavy atom. The minimum Gasteiger partial charge on any atom is -0.489 e. The van der Waals surface area contributed by atoms with Crippen molar-refractivity contribution in [2.45, 2.75) is 6.61 Å². The SMILES string of the molecule is N=C(NC(=O)c1ccc(Cl)cc1)Nc1ccc(OCc2ccccc2)cc1. The number of benzene rings is 3. The van der Waals surface area contributed by atoms with Gasteiger partial charge in [0.05, 0.1) is 0 Å². The van der Waals surface area contributed by atoms with E-state index in [0.717, 1.165) is 11.3 Å². The average Bonchev–Trinajstić information content (AvgIpc) is 2.68. The largest absolute Gasteiger partial charge is 0.489 e. The molecule has 0 aromatic heterocycles. The first-order valence-corrected chi connectivity index (χ1v) is 8.67. The second-order valence-corrected chi connectivity index (χ2v) is 6.20. The van der Waals surface area contributed by atoms with Gasteiger partial charge in [0, 0.05) is 16.3 Å². The van der Waals surface area contributed by atoms with E-state index in [9.17, 15) is 4.79 Å². The van der Waals surface area contributed by atoms with Crippen molar-refractivity contribution in [1.82, 2.24) is 5.32 Å². The zero-order valence-corrected chi connectivity index (χ0v) is 15.2. The molecule has 3 N–H and O–H groups in total. The van der Waals surface area contributed by atoms with Crippen LogP contribution in [0.15, 0.2) is 78.9 Å². The van der Waals surface area contributed by atoms with E-state index in [1.165, 1.54) is 0 Å². The summed E-state index contributed by atoms with van der Waals surface area (Å²) in [7, 11) is 0. The molecule has 0 aliphatic heterocycles. The number of carbonyl (C=O) groups is 1. The fourth-order valence-electron chi connectivity index (χ4n) is 2.34. The van der Waals surface area contributed by atoms with Crippen LogP contribution in [0, 0.1) is 5.41 Å². The molecule has 3 aromatic rings. The van der Waals surface area contributed by atoms with E-state index in [1.807, 2.05) is 30.3 Å². The Kier molecular flexibility index (Phi) is 6.07. The van der Waals surface area contributed by atoms with E-state index < -0.39 is 0 Å². The summed E-state index contributed by atoms with van der Waals surface area (Å²) in [6.07, 6.45) is 0. The van der Waals surface area contributed by atoms with Gasteiger partial charge in [0.25, 0.3) is 5.91 Å². The van der Waals surface area contributed by atoms with Crippen LogP contribution in [0.2, 0.25) is 5.02 Å². The summed E-state index contributed by atoms with van der Waals surface area (Å²) < 4.78 is 5.72. The predicted molar refractivity (Wildman–Crippen MR) is 107 cm³/mol. The van der Waals surface area contributed by atoms with Gasteiger partial charge in [-0.15, -0.1) is 0 Å². The van der Waals surface area contributed by atoms with Crippen LogP contribution in [0.1, 0.15) is 15.9 Å². The second kappa shape index (κ2) is 8.87. The van der Waals surface area contributed by atoms with Crippen molar-refractivity contribution < 1.29 is 9.53 Å². The van der Waals surface area contributed by atoms with Gasteiger partial charge >= 0.3 is 0 Å². The predicted octanol–water partition coefficient (Wildman–Crippen LogP) is 4.70. The zero-order chi connectivity index (χ0) is 19.1. The molecule has 3 aromatic carbocycles. The number of rotatable bonds is 5. The Morgan fingerprint density at radius 2 is 1.59 bits per heavy atom. The van der Waals surface area contributed by atoms with Crippen LogP contribution in [0.25, 0.3) is 0 Å². The number of anilines is 1. The normalized spacial score (nSPS) is 10.1. The van der Waals surface area contributed by atoms with Crippen molar-refractivity contribution >= 4 is 29.2 Å². The summed E-state index contributed by atoms with van der Waals surface area (Å²) in [5.74, 6) is 0.223. The van der Waals surface area contributed by atoms with Crippen molar-refractivity contribution in [2.24, 2.45) is 0 Å². The number of guanidine groups is 1. The van der Waals surface area contributed by atoms with Gasteiger partial charge in [-0.1, -0.05) is 41.9 Å². The summed E-state index contributed by atoms with van der Waals surface area (Å²) in [5, 5.41) is 13.8. The van der Waals surface area contributed by atoms with Crippen molar-refractivity contribution in [1.29, 1.82) is 5.41 Å². The van der Waals surface area contributed by atoms with E-state index in [4.69, 9.17) is 21.7 Å². The lowest BCUT2D eigenvalue weighted by Crippen LogP contribution is -2.34. The number of halogens is 1. The molecule has 0 aliphatic rings. The van der Waals surface area contributed by atoms with Crippen LogP contribution >= 0.6 is 11.6 Å². The molecule has 0 fully saturated rings. The third-order valence-electron chi connectivity index (χ3n) is 3.72. The standard InChI is InChI=1S/C21H18ClN3O2/c22-17-8-6-16(7-9-17)20(26)25-21(23)24-18-10-12-19(13-11-18)27-14-15-4-2-1-3-5-15/h1-13H,14H2,(H3,23,24,25,26). The molecule has 0 aliphatic carbocycles. The van der Waals surface area contributed by atoms with Gasteiger partial charge in [-0.05, 0) is 54.1 Å². The molecule has 0 spiro atoms. The van der Waals surface area contributed by atoms with Crippen molar-refractivity contribution in [3.8, 4) is 5.75 Å². The van der Waals surface area contributed by atoms with Crippen LogP contribution in [0.3, 0.4) is 0 Å². The van der Waals surface area contributed by atoms with Crippen molar-refractivity contribution in [2.75, 3.05) is 5.32 Å². The molecule has 0 unspecified atom stereocenters. The number of hydrogen-bond donors (Lipinski definition) is 3. The molecule has 0 atom stereocenters. The molecule has 136 valence electrons. The molecule has 0 saturated carbocycles. The lowest BCUT2D eigenvalue weighted by Gasteiger charge is -2.11. The molecule has 27 heavy (non-hydrogen) atoms. The van der Waals surface area contributed by atoms with Crippen LogP contribution in [0.5, 0.6) is 5.75 Å². The van der Waals surface area contributed by atoms with Crippen LogP contribution in [-0.2, 0) is 6.61 Å². The molecule has 0 heterocycles. The monoisotopic (exact) mass is 379 g/mol. The van der Waals surface area contributed by atoms with E-state index in [2.05, 4.69) is 10.6 Å². The highest BCUT2D eigenvalue weighted by atomic mass is 35.5. The van der Waals surface area contributed by atoms with E-state index >= 15 is 0 Å². The number of nitrogens with one attached hydrogen (secondary N) is 3. The first-order valence-electron chi connectivity index (χ1n) is 8.29. The summed E-state index contributed by atoms with van der Waals surface area (Å²) in [6.45, 7) is 0.487. The maximum Gasteiger partial charge on any atom is 0.257 e. The van der Waals surface area contributed by atoms with Crippen LogP contribution in [0.4, 0.5) is 5.69 Å². The number of hydrogen-bond acceptors (Lipinski definition) is 3. The Labute approximate surface area is 162 Å². The first kappa shape index (κ1) is 18.5. The Balaban J connectivity index is 1.50. The lowest BCUT2D eigenvalue weighted by molar-refractivity contribution is 0.0977. The highest BCUT2D eigenvalue weighted by Crippen LogP contribution is 2.17. The van der Waals surface area contributed by atoms with Gasteiger partial charge < -0.3 is 10.1 Å². The third-order valence-corrected chi connectivity index (χ3v) is 3.97. The Hall–Kier alpha value is -3.31. The topological polar surface area (TPSA) is 74.2 Å². The van der Waals surface area contributed by atoms with Crippen LogP contribution in [-0.4, -0.2) is 11.9 Å². The minimum atomic E-state index is -0.382. The smallest absolute Gasteiger partial charge is 0.257 e. The van der Waals surface area contributed by atoms with E-state index in [-0.39, 0.29) is 11.9 Å². The summed E-state index contributed by atoms with van der Waals surface area (Å²) in [5.41, 5.74) is 2.19. The maximum absolute atomic E-state index is 12.1. The highest BCUT2D eigenvalue weighted by molar-refractivity contribution is 6.30. The highest BCUT2D eigenvalue weighted by Gasteiger charge is 2.08. The quantitative estimate of drug-likeness (QED) is 0.444. The fourth-order valence-corrected chi connectivity index (χ4v) is 2.46. The molecule has 1 amide bonds. The molecule has 6 heteroatoms. The van der Waals surface area contributed by atoms with Crippen LogP contribution < -0.4 is 15.4 Å². The molecular formula is C21H18ClN3O2. The van der Waals surface area contributed by atoms with Gasteiger partial charge in [0.2, 0.25) is 0 Å². The second-order valence-electron chi connectivity index (χ2n) is 5.76. The van der Waals surface area contributed by atoms with Crippen molar-refractivity contribution in [3.05, 3.63) is 95.0 Å². The molecule has 5 nitrogen and oxygen atoms in total. The molecule has 3 rings (SSSR count).